The van der Waals surface area contributed by atoms with Gasteiger partial charge in [-0.1, -0.05) is 166 Å². The summed E-state index contributed by atoms with van der Waals surface area (Å²) in [6, 6.07) is 68.3. The molecule has 0 bridgehead atoms. The Morgan fingerprint density at radius 1 is 0.400 bits per heavy atom. The summed E-state index contributed by atoms with van der Waals surface area (Å²) >= 11 is 0. The van der Waals surface area contributed by atoms with Crippen molar-refractivity contribution in [1.29, 1.82) is 0 Å². The van der Waals surface area contributed by atoms with E-state index in [1.807, 2.05) is 0 Å². The zero-order valence-corrected chi connectivity index (χ0v) is 30.8. The van der Waals surface area contributed by atoms with Crippen molar-refractivity contribution < 1.29 is 4.74 Å². The molecule has 2 heteroatoms. The van der Waals surface area contributed by atoms with Crippen LogP contribution in [0, 0.1) is 0 Å². The van der Waals surface area contributed by atoms with Crippen LogP contribution in [0.1, 0.15) is 25.0 Å². The maximum absolute atomic E-state index is 7.09. The lowest BCUT2D eigenvalue weighted by molar-refractivity contribution is 0.488. The molecule has 9 aromatic carbocycles. The Bertz CT molecular complexity index is 2990. The number of benzene rings is 9. The first-order valence-electron chi connectivity index (χ1n) is 19.1. The Kier molecular flexibility index (Phi) is 6.93. The smallest absolute Gasteiger partial charge is 0.137 e. The minimum absolute atomic E-state index is 0.155. The summed E-state index contributed by atoms with van der Waals surface area (Å²) in [6.45, 7) is 4.72. The van der Waals surface area contributed by atoms with Crippen molar-refractivity contribution in [3.05, 3.63) is 199 Å². The number of fused-ring (bicyclic) bond motifs is 11. The first kappa shape index (κ1) is 31.6. The molecule has 55 heavy (non-hydrogen) atoms. The van der Waals surface area contributed by atoms with E-state index in [2.05, 4.69) is 207 Å². The highest BCUT2D eigenvalue weighted by Crippen LogP contribution is 2.56. The Labute approximate surface area is 321 Å². The van der Waals surface area contributed by atoms with Gasteiger partial charge in [-0.2, -0.15) is 0 Å². The average Bonchev–Trinajstić information content (AvgIpc) is 3.36. The highest BCUT2D eigenvalue weighted by Gasteiger charge is 2.36. The van der Waals surface area contributed by atoms with Crippen LogP contribution in [0.2, 0.25) is 0 Å². The lowest BCUT2D eigenvalue weighted by atomic mass is 9.82. The van der Waals surface area contributed by atoms with Crippen LogP contribution in [-0.2, 0) is 5.41 Å². The highest BCUT2D eigenvalue weighted by atomic mass is 16.5. The molecule has 0 amide bonds. The van der Waals surface area contributed by atoms with Gasteiger partial charge in [0, 0.05) is 27.6 Å². The van der Waals surface area contributed by atoms with Crippen LogP contribution < -0.4 is 9.64 Å². The largest absolute Gasteiger partial charge is 0.456 e. The number of hydrogen-bond acceptors (Lipinski definition) is 2. The van der Waals surface area contributed by atoms with E-state index in [9.17, 15) is 0 Å². The van der Waals surface area contributed by atoms with E-state index in [4.69, 9.17) is 4.74 Å². The average molecular weight is 704 g/mol. The van der Waals surface area contributed by atoms with Gasteiger partial charge in [0.1, 0.15) is 11.5 Å². The monoisotopic (exact) mass is 703 g/mol. The van der Waals surface area contributed by atoms with Gasteiger partial charge in [-0.15, -0.1) is 0 Å². The molecule has 0 spiro atoms. The summed E-state index contributed by atoms with van der Waals surface area (Å²) in [5.41, 5.74) is 15.2. The molecule has 2 aliphatic rings. The van der Waals surface area contributed by atoms with E-state index in [-0.39, 0.29) is 5.41 Å². The molecule has 0 saturated heterocycles. The molecular weight excluding hydrogens is 667 g/mol. The second-order valence-corrected chi connectivity index (χ2v) is 15.2. The van der Waals surface area contributed by atoms with Crippen LogP contribution in [0.4, 0.5) is 17.1 Å². The third-order valence-corrected chi connectivity index (χ3v) is 11.9. The van der Waals surface area contributed by atoms with Crippen LogP contribution in [-0.4, -0.2) is 0 Å². The summed E-state index contributed by atoms with van der Waals surface area (Å²) in [5, 5.41) is 4.87. The fourth-order valence-corrected chi connectivity index (χ4v) is 9.31. The molecule has 260 valence electrons. The zero-order chi connectivity index (χ0) is 36.7. The molecule has 0 saturated carbocycles. The first-order chi connectivity index (χ1) is 27.1. The summed E-state index contributed by atoms with van der Waals surface area (Å²) in [4.78, 5) is 2.49. The standard InChI is InChI=1S/C53H37NO/c1-53(2)45-26-13-12-21-40(45)41-31-30-36(33-46(41)53)54(48-32-35-18-6-7-19-37(35)39-20-8-9-22-42(39)48)47-27-15-29-50-52(47)44-24-11-10-23-43(44)51-38(25-14-28-49(51)55-50)34-16-4-3-5-17-34/h3-33H,1-2H3. The van der Waals surface area contributed by atoms with Crippen molar-refractivity contribution in [1.82, 2.24) is 0 Å². The predicted octanol–water partition coefficient (Wildman–Crippen LogP) is 14.9. The second-order valence-electron chi connectivity index (χ2n) is 15.2. The number of anilines is 3. The van der Waals surface area contributed by atoms with E-state index < -0.39 is 0 Å². The lowest BCUT2D eigenvalue weighted by Gasteiger charge is -2.31. The van der Waals surface area contributed by atoms with Gasteiger partial charge in [0.25, 0.3) is 0 Å². The highest BCUT2D eigenvalue weighted by molar-refractivity contribution is 6.15. The molecule has 9 aromatic rings. The van der Waals surface area contributed by atoms with Gasteiger partial charge in [0.05, 0.1) is 11.4 Å². The second kappa shape index (κ2) is 12.1. The molecule has 11 rings (SSSR count). The fourth-order valence-electron chi connectivity index (χ4n) is 9.31. The summed E-state index contributed by atoms with van der Waals surface area (Å²) < 4.78 is 7.09. The van der Waals surface area contributed by atoms with Crippen molar-refractivity contribution >= 4 is 38.6 Å². The van der Waals surface area contributed by atoms with Crippen LogP contribution >= 0.6 is 0 Å². The van der Waals surface area contributed by atoms with Gasteiger partial charge >= 0.3 is 0 Å². The quantitative estimate of drug-likeness (QED) is 0.169. The van der Waals surface area contributed by atoms with E-state index >= 15 is 0 Å². The molecular formula is C53H37NO. The normalized spacial score (nSPS) is 13.2. The van der Waals surface area contributed by atoms with Crippen LogP contribution in [0.3, 0.4) is 0 Å². The summed E-state index contributed by atoms with van der Waals surface area (Å²) in [6.07, 6.45) is 0. The number of ether oxygens (including phenoxy) is 1. The molecule has 0 unspecified atom stereocenters. The topological polar surface area (TPSA) is 12.5 Å². The lowest BCUT2D eigenvalue weighted by Crippen LogP contribution is -2.17. The molecule has 0 fully saturated rings. The van der Waals surface area contributed by atoms with Crippen molar-refractivity contribution in [2.24, 2.45) is 0 Å². The van der Waals surface area contributed by atoms with Crippen LogP contribution in [0.25, 0.3) is 66.1 Å². The van der Waals surface area contributed by atoms with E-state index in [1.165, 1.54) is 43.8 Å². The fraction of sp³-hybridized carbons (Fsp3) is 0.0566. The Hall–Kier alpha value is -6.90. The minimum Gasteiger partial charge on any atom is -0.456 e. The zero-order valence-electron chi connectivity index (χ0n) is 30.8. The van der Waals surface area contributed by atoms with Crippen LogP contribution in [0.5, 0.6) is 11.5 Å². The van der Waals surface area contributed by atoms with Gasteiger partial charge in [-0.05, 0) is 97.1 Å². The third-order valence-electron chi connectivity index (χ3n) is 11.9. The molecule has 0 N–H and O–H groups in total. The molecule has 1 aliphatic carbocycles. The van der Waals surface area contributed by atoms with Crippen molar-refractivity contribution in [3.8, 4) is 56.0 Å². The van der Waals surface area contributed by atoms with Gasteiger partial charge in [-0.25, -0.2) is 0 Å². The number of hydrogen-bond donors (Lipinski definition) is 0. The van der Waals surface area contributed by atoms with E-state index in [1.54, 1.807) is 0 Å². The maximum Gasteiger partial charge on any atom is 0.137 e. The maximum atomic E-state index is 7.09. The van der Waals surface area contributed by atoms with Gasteiger partial charge in [-0.3, -0.25) is 0 Å². The first-order valence-corrected chi connectivity index (χ1v) is 19.1. The Morgan fingerprint density at radius 2 is 1.00 bits per heavy atom. The van der Waals surface area contributed by atoms with E-state index in [0.29, 0.717) is 0 Å². The van der Waals surface area contributed by atoms with Crippen molar-refractivity contribution in [2.75, 3.05) is 4.90 Å². The molecule has 0 aromatic heterocycles. The molecule has 1 aliphatic heterocycles. The summed E-state index contributed by atoms with van der Waals surface area (Å²) in [7, 11) is 0. The predicted molar refractivity (Wildman–Crippen MR) is 230 cm³/mol. The molecule has 2 nitrogen and oxygen atoms in total. The molecule has 0 atom stereocenters. The van der Waals surface area contributed by atoms with Crippen LogP contribution in [0.15, 0.2) is 188 Å². The summed E-state index contributed by atoms with van der Waals surface area (Å²) in [5.74, 6) is 1.68. The number of rotatable bonds is 4. The Balaban J connectivity index is 1.22. The van der Waals surface area contributed by atoms with Crippen molar-refractivity contribution in [3.63, 3.8) is 0 Å². The van der Waals surface area contributed by atoms with Gasteiger partial charge in [0.2, 0.25) is 0 Å². The third kappa shape index (κ3) is 4.74. The van der Waals surface area contributed by atoms with Gasteiger partial charge in [0.15, 0.2) is 0 Å². The minimum atomic E-state index is -0.155. The van der Waals surface area contributed by atoms with E-state index in [0.717, 1.165) is 61.9 Å². The van der Waals surface area contributed by atoms with Crippen molar-refractivity contribution in [2.45, 2.75) is 19.3 Å². The molecule has 1 heterocycles. The molecule has 0 radical (unpaired) electrons. The SMILES string of the molecule is CC1(C)c2ccccc2-c2ccc(N(c3cccc4c3-c3ccccc3-c3c(cccc3-c3ccccc3)O4)c3cc4ccccc4c4ccccc34)cc21. The van der Waals surface area contributed by atoms with Gasteiger partial charge < -0.3 is 9.64 Å². The Morgan fingerprint density at radius 3 is 1.82 bits per heavy atom. The number of nitrogens with zero attached hydrogens (tertiary/aromatic N) is 1.